The molecular formula is C13H13BrN4O2. The van der Waals surface area contributed by atoms with Crippen molar-refractivity contribution < 1.29 is 5.11 Å². The molecule has 0 aliphatic carbocycles. The van der Waals surface area contributed by atoms with Crippen molar-refractivity contribution in [3.05, 3.63) is 39.1 Å². The lowest BCUT2D eigenvalue weighted by atomic mass is 10.1. The van der Waals surface area contributed by atoms with Gasteiger partial charge in [0.15, 0.2) is 0 Å². The van der Waals surface area contributed by atoms with E-state index < -0.39 is 0 Å². The molecule has 0 aliphatic heterocycles. The molecule has 0 saturated carbocycles. The number of aliphatic hydroxyl groups is 1. The first-order valence-corrected chi connectivity index (χ1v) is 6.94. The molecule has 2 aromatic heterocycles. The quantitative estimate of drug-likeness (QED) is 0.678. The van der Waals surface area contributed by atoms with Crippen LogP contribution in [0.25, 0.3) is 22.3 Å². The lowest BCUT2D eigenvalue weighted by Crippen LogP contribution is -2.00. The summed E-state index contributed by atoms with van der Waals surface area (Å²) in [7, 11) is 1.89. The van der Waals surface area contributed by atoms with Gasteiger partial charge >= 0.3 is 5.69 Å². The van der Waals surface area contributed by atoms with Gasteiger partial charge in [-0.05, 0) is 28.1 Å². The van der Waals surface area contributed by atoms with Crippen molar-refractivity contribution in [2.45, 2.75) is 6.42 Å². The Morgan fingerprint density at radius 1 is 1.35 bits per heavy atom. The Morgan fingerprint density at radius 2 is 2.10 bits per heavy atom. The van der Waals surface area contributed by atoms with Crippen LogP contribution in [-0.2, 0) is 13.5 Å². The molecule has 0 amide bonds. The monoisotopic (exact) mass is 336 g/mol. The molecular weight excluding hydrogens is 324 g/mol. The fourth-order valence-electron chi connectivity index (χ4n) is 2.21. The minimum Gasteiger partial charge on any atom is -0.396 e. The number of imidazole rings is 2. The number of hydrogen-bond acceptors (Lipinski definition) is 3. The van der Waals surface area contributed by atoms with Gasteiger partial charge in [-0.1, -0.05) is 6.07 Å². The molecule has 7 heteroatoms. The Labute approximate surface area is 122 Å². The zero-order valence-electron chi connectivity index (χ0n) is 10.8. The second-order valence-electron chi connectivity index (χ2n) is 4.54. The lowest BCUT2D eigenvalue weighted by molar-refractivity contribution is 0.295. The largest absolute Gasteiger partial charge is 0.396 e. The van der Waals surface area contributed by atoms with Crippen molar-refractivity contribution >= 4 is 27.0 Å². The SMILES string of the molecule is Cn1c(CCO)nc(-c2ccc3[nH]c(=O)[nH]c3c2)c1Br. The van der Waals surface area contributed by atoms with Crippen LogP contribution in [0.2, 0.25) is 0 Å². The van der Waals surface area contributed by atoms with E-state index in [0.29, 0.717) is 6.42 Å². The van der Waals surface area contributed by atoms with E-state index in [4.69, 9.17) is 5.11 Å². The second kappa shape index (κ2) is 4.92. The van der Waals surface area contributed by atoms with Gasteiger partial charge in [-0.3, -0.25) is 0 Å². The third kappa shape index (κ3) is 2.08. The predicted octanol–water partition coefficient (Wildman–Crippen LogP) is 1.55. The smallest absolute Gasteiger partial charge is 0.323 e. The number of benzene rings is 1. The highest BCUT2D eigenvalue weighted by atomic mass is 79.9. The number of aromatic amines is 2. The summed E-state index contributed by atoms with van der Waals surface area (Å²) in [6.45, 7) is 0.0564. The molecule has 0 fully saturated rings. The Kier molecular flexibility index (Phi) is 3.23. The van der Waals surface area contributed by atoms with E-state index in [2.05, 4.69) is 30.9 Å². The van der Waals surface area contributed by atoms with Crippen LogP contribution in [0.4, 0.5) is 0 Å². The summed E-state index contributed by atoms with van der Waals surface area (Å²) in [4.78, 5) is 21.3. The van der Waals surface area contributed by atoms with E-state index in [-0.39, 0.29) is 12.3 Å². The van der Waals surface area contributed by atoms with Gasteiger partial charge in [0, 0.05) is 19.0 Å². The molecule has 3 aromatic rings. The highest BCUT2D eigenvalue weighted by molar-refractivity contribution is 9.10. The van der Waals surface area contributed by atoms with Crippen molar-refractivity contribution in [3.63, 3.8) is 0 Å². The van der Waals surface area contributed by atoms with Gasteiger partial charge in [0.1, 0.15) is 16.1 Å². The molecule has 3 rings (SSSR count). The van der Waals surface area contributed by atoms with Crippen molar-refractivity contribution in [3.8, 4) is 11.3 Å². The van der Waals surface area contributed by atoms with E-state index >= 15 is 0 Å². The van der Waals surface area contributed by atoms with E-state index in [9.17, 15) is 4.79 Å². The topological polar surface area (TPSA) is 86.7 Å². The Hall–Kier alpha value is -1.86. The van der Waals surface area contributed by atoms with Crippen molar-refractivity contribution in [1.29, 1.82) is 0 Å². The molecule has 20 heavy (non-hydrogen) atoms. The molecule has 0 aliphatic rings. The predicted molar refractivity (Wildman–Crippen MR) is 79.6 cm³/mol. The summed E-state index contributed by atoms with van der Waals surface area (Å²) in [5.74, 6) is 0.803. The van der Waals surface area contributed by atoms with Crippen LogP contribution in [0, 0.1) is 0 Å². The van der Waals surface area contributed by atoms with Gasteiger partial charge in [-0.2, -0.15) is 0 Å². The molecule has 0 atom stereocenters. The van der Waals surface area contributed by atoms with Gasteiger partial charge in [0.25, 0.3) is 0 Å². The Morgan fingerprint density at radius 3 is 2.85 bits per heavy atom. The Balaban J connectivity index is 2.14. The first-order valence-electron chi connectivity index (χ1n) is 6.14. The summed E-state index contributed by atoms with van der Waals surface area (Å²) in [6.07, 6.45) is 0.498. The van der Waals surface area contributed by atoms with E-state index in [1.807, 2.05) is 29.8 Å². The van der Waals surface area contributed by atoms with Crippen LogP contribution >= 0.6 is 15.9 Å². The molecule has 2 heterocycles. The number of aromatic nitrogens is 4. The van der Waals surface area contributed by atoms with Gasteiger partial charge in [0.2, 0.25) is 0 Å². The minimum atomic E-state index is -0.224. The standard InChI is InChI=1S/C13H13BrN4O2/c1-18-10(4-5-19)17-11(12(18)14)7-2-3-8-9(6-7)16-13(20)15-8/h2-3,6,19H,4-5H2,1H3,(H2,15,16,20). The highest BCUT2D eigenvalue weighted by Gasteiger charge is 2.14. The van der Waals surface area contributed by atoms with Gasteiger partial charge in [0.05, 0.1) is 17.6 Å². The molecule has 0 unspecified atom stereocenters. The van der Waals surface area contributed by atoms with Crippen LogP contribution in [0.15, 0.2) is 27.6 Å². The number of nitrogens with one attached hydrogen (secondary N) is 2. The van der Waals surface area contributed by atoms with E-state index in [0.717, 1.165) is 32.7 Å². The molecule has 6 nitrogen and oxygen atoms in total. The summed E-state index contributed by atoms with van der Waals surface area (Å²) in [5, 5.41) is 9.05. The fourth-order valence-corrected chi connectivity index (χ4v) is 2.73. The highest BCUT2D eigenvalue weighted by Crippen LogP contribution is 2.29. The zero-order chi connectivity index (χ0) is 14.3. The summed E-state index contributed by atoms with van der Waals surface area (Å²) in [6, 6.07) is 5.63. The summed E-state index contributed by atoms with van der Waals surface area (Å²) < 4.78 is 2.74. The molecule has 0 spiro atoms. The first kappa shape index (κ1) is 13.1. The number of fused-ring (bicyclic) bond motifs is 1. The van der Waals surface area contributed by atoms with E-state index in [1.165, 1.54) is 0 Å². The molecule has 0 bridgehead atoms. The number of H-pyrrole nitrogens is 2. The lowest BCUT2D eigenvalue weighted by Gasteiger charge is -2.00. The van der Waals surface area contributed by atoms with Crippen LogP contribution in [0.5, 0.6) is 0 Å². The van der Waals surface area contributed by atoms with Crippen LogP contribution < -0.4 is 5.69 Å². The van der Waals surface area contributed by atoms with Crippen molar-refractivity contribution in [2.75, 3.05) is 6.61 Å². The van der Waals surface area contributed by atoms with Gasteiger partial charge in [-0.15, -0.1) is 0 Å². The molecule has 3 N–H and O–H groups in total. The second-order valence-corrected chi connectivity index (χ2v) is 5.29. The van der Waals surface area contributed by atoms with Crippen molar-refractivity contribution in [1.82, 2.24) is 19.5 Å². The molecule has 0 saturated heterocycles. The normalized spacial score (nSPS) is 11.3. The number of nitrogens with zero attached hydrogens (tertiary/aromatic N) is 2. The average Bonchev–Trinajstić information content (AvgIpc) is 2.92. The van der Waals surface area contributed by atoms with E-state index in [1.54, 1.807) is 0 Å². The molecule has 104 valence electrons. The summed E-state index contributed by atoms with van der Waals surface area (Å²) in [5.41, 5.74) is 2.98. The number of rotatable bonds is 3. The Bertz CT molecular complexity index is 831. The maximum Gasteiger partial charge on any atom is 0.323 e. The molecule has 0 radical (unpaired) electrons. The minimum absolute atomic E-state index is 0.0564. The number of halogens is 1. The maximum atomic E-state index is 11.3. The zero-order valence-corrected chi connectivity index (χ0v) is 12.4. The van der Waals surface area contributed by atoms with Crippen LogP contribution in [0.1, 0.15) is 5.82 Å². The van der Waals surface area contributed by atoms with Gasteiger partial charge in [-0.25, -0.2) is 9.78 Å². The van der Waals surface area contributed by atoms with Crippen LogP contribution in [0.3, 0.4) is 0 Å². The maximum absolute atomic E-state index is 11.3. The fraction of sp³-hybridized carbons (Fsp3) is 0.231. The van der Waals surface area contributed by atoms with Crippen LogP contribution in [-0.4, -0.2) is 31.2 Å². The van der Waals surface area contributed by atoms with Crippen molar-refractivity contribution in [2.24, 2.45) is 7.05 Å². The van der Waals surface area contributed by atoms with Gasteiger partial charge < -0.3 is 19.6 Å². The summed E-state index contributed by atoms with van der Waals surface area (Å²) >= 11 is 3.52. The third-order valence-corrected chi connectivity index (χ3v) is 4.15. The number of aliphatic hydroxyl groups excluding tert-OH is 1. The third-order valence-electron chi connectivity index (χ3n) is 3.24. The molecule has 1 aromatic carbocycles. The number of hydrogen-bond donors (Lipinski definition) is 3. The average molecular weight is 337 g/mol. The first-order chi connectivity index (χ1) is 9.60.